The first-order chi connectivity index (χ1) is 11.9. The summed E-state index contributed by atoms with van der Waals surface area (Å²) in [4.78, 5) is 20.8. The maximum Gasteiger partial charge on any atom is 0.273 e. The second-order valence-corrected chi connectivity index (χ2v) is 7.25. The van der Waals surface area contributed by atoms with E-state index in [1.165, 1.54) is 18.0 Å². The molecule has 1 aromatic carbocycles. The molecule has 0 spiro atoms. The summed E-state index contributed by atoms with van der Waals surface area (Å²) in [5, 5.41) is 3.46. The molecule has 0 aliphatic rings. The van der Waals surface area contributed by atoms with Crippen LogP contribution in [-0.4, -0.2) is 21.9 Å². The quantitative estimate of drug-likeness (QED) is 0.665. The molecule has 1 atom stereocenters. The first kappa shape index (κ1) is 17.5. The Morgan fingerprint density at radius 1 is 1.28 bits per heavy atom. The molecule has 0 fully saturated rings. The van der Waals surface area contributed by atoms with Gasteiger partial charge in [-0.05, 0) is 31.4 Å². The lowest BCUT2D eigenvalue weighted by atomic mass is 10.1. The summed E-state index contributed by atoms with van der Waals surface area (Å²) in [5.41, 5.74) is 2.98. The van der Waals surface area contributed by atoms with E-state index in [1.54, 1.807) is 0 Å². The second-order valence-electron chi connectivity index (χ2n) is 6.32. The first-order valence-electron chi connectivity index (χ1n) is 8.18. The van der Waals surface area contributed by atoms with Crippen molar-refractivity contribution >= 4 is 28.8 Å². The van der Waals surface area contributed by atoms with Gasteiger partial charge in [0.2, 0.25) is 5.89 Å². The zero-order chi connectivity index (χ0) is 18.0. The number of rotatable bonds is 6. The Balaban J connectivity index is 1.63. The zero-order valence-corrected chi connectivity index (χ0v) is 15.5. The highest BCUT2D eigenvalue weighted by Gasteiger charge is 2.17. The third-order valence-electron chi connectivity index (χ3n) is 4.06. The van der Waals surface area contributed by atoms with Crippen molar-refractivity contribution in [1.82, 2.24) is 15.3 Å². The molecule has 7 heteroatoms. The third-order valence-corrected chi connectivity index (χ3v) is 4.88. The van der Waals surface area contributed by atoms with Gasteiger partial charge in [-0.25, -0.2) is 9.97 Å². The number of hydrogen-bond donors (Lipinski definition) is 1. The van der Waals surface area contributed by atoms with Gasteiger partial charge in [-0.15, -0.1) is 0 Å². The number of thioether (sulfide) groups is 1. The van der Waals surface area contributed by atoms with E-state index in [9.17, 15) is 4.79 Å². The van der Waals surface area contributed by atoms with E-state index >= 15 is 0 Å². The van der Waals surface area contributed by atoms with E-state index in [4.69, 9.17) is 8.83 Å². The van der Waals surface area contributed by atoms with Gasteiger partial charge < -0.3 is 14.2 Å². The molecule has 1 N–H and O–H groups in total. The highest BCUT2D eigenvalue weighted by Crippen LogP contribution is 2.27. The summed E-state index contributed by atoms with van der Waals surface area (Å²) in [6.45, 7) is 8.07. The average Bonchev–Trinajstić information content (AvgIpc) is 3.20. The number of nitrogens with one attached hydrogen (secondary N) is 1. The Hall–Kier alpha value is -2.28. The fourth-order valence-corrected chi connectivity index (χ4v) is 2.86. The number of carbonyl (C=O) groups is 1. The lowest BCUT2D eigenvalue weighted by molar-refractivity contribution is 0.0925. The van der Waals surface area contributed by atoms with E-state index in [-0.39, 0.29) is 17.6 Å². The van der Waals surface area contributed by atoms with E-state index < -0.39 is 0 Å². The zero-order valence-electron chi connectivity index (χ0n) is 14.7. The number of aromatic nitrogens is 2. The van der Waals surface area contributed by atoms with Crippen LogP contribution in [0.3, 0.4) is 0 Å². The van der Waals surface area contributed by atoms with Gasteiger partial charge in [-0.3, -0.25) is 4.79 Å². The molecular weight excluding hydrogens is 338 g/mol. The highest BCUT2D eigenvalue weighted by atomic mass is 32.2. The van der Waals surface area contributed by atoms with Crippen LogP contribution in [0.5, 0.6) is 0 Å². The molecule has 0 aliphatic heterocycles. The Morgan fingerprint density at radius 2 is 2.08 bits per heavy atom. The largest absolute Gasteiger partial charge is 0.447 e. The SMILES string of the molecule is Cc1cccc2oc(SCc3nc(C(=O)NC(C)C(C)C)co3)nc12. The predicted octanol–water partition coefficient (Wildman–Crippen LogP) is 4.19. The van der Waals surface area contributed by atoms with Gasteiger partial charge in [-0.2, -0.15) is 0 Å². The standard InChI is InChI=1S/C18H21N3O3S/c1-10(2)12(4)19-17(22)13-8-23-15(20-13)9-25-18-21-16-11(3)6-5-7-14(16)24-18/h5-8,10,12H,9H2,1-4H3,(H,19,22). The van der Waals surface area contributed by atoms with Crippen LogP contribution in [0.4, 0.5) is 0 Å². The average molecular weight is 359 g/mol. The van der Waals surface area contributed by atoms with Crippen molar-refractivity contribution < 1.29 is 13.6 Å². The maximum absolute atomic E-state index is 12.1. The summed E-state index contributed by atoms with van der Waals surface area (Å²) in [7, 11) is 0. The number of nitrogens with zero attached hydrogens (tertiary/aromatic N) is 2. The highest BCUT2D eigenvalue weighted by molar-refractivity contribution is 7.98. The second kappa shape index (κ2) is 7.31. The van der Waals surface area contributed by atoms with Crippen molar-refractivity contribution in [1.29, 1.82) is 0 Å². The number of para-hydroxylation sites is 1. The molecule has 1 unspecified atom stereocenters. The fourth-order valence-electron chi connectivity index (χ4n) is 2.18. The minimum atomic E-state index is -0.223. The van der Waals surface area contributed by atoms with E-state index in [2.05, 4.69) is 29.1 Å². The molecule has 2 heterocycles. The van der Waals surface area contributed by atoms with Gasteiger partial charge in [0.15, 0.2) is 11.3 Å². The minimum Gasteiger partial charge on any atom is -0.447 e. The van der Waals surface area contributed by atoms with Gasteiger partial charge in [0.05, 0.1) is 5.75 Å². The van der Waals surface area contributed by atoms with Gasteiger partial charge in [0.1, 0.15) is 11.8 Å². The van der Waals surface area contributed by atoms with Crippen molar-refractivity contribution in [3.63, 3.8) is 0 Å². The van der Waals surface area contributed by atoms with Gasteiger partial charge in [0, 0.05) is 6.04 Å². The van der Waals surface area contributed by atoms with Crippen LogP contribution in [0.2, 0.25) is 0 Å². The number of oxazole rings is 2. The Labute approximate surface area is 150 Å². The molecule has 2 aromatic heterocycles. The molecule has 1 amide bonds. The number of carbonyl (C=O) groups excluding carboxylic acids is 1. The third kappa shape index (κ3) is 4.04. The van der Waals surface area contributed by atoms with Crippen molar-refractivity contribution in [2.24, 2.45) is 5.92 Å². The molecule has 0 saturated carbocycles. The van der Waals surface area contributed by atoms with Crippen molar-refractivity contribution in [2.45, 2.75) is 44.7 Å². The topological polar surface area (TPSA) is 81.2 Å². The van der Waals surface area contributed by atoms with Crippen molar-refractivity contribution in [3.05, 3.63) is 41.6 Å². The van der Waals surface area contributed by atoms with Crippen LogP contribution < -0.4 is 5.32 Å². The normalized spacial score (nSPS) is 12.7. The molecule has 0 saturated heterocycles. The van der Waals surface area contributed by atoms with Crippen LogP contribution in [0.1, 0.15) is 42.7 Å². The van der Waals surface area contributed by atoms with E-state index in [0.29, 0.717) is 22.8 Å². The lowest BCUT2D eigenvalue weighted by Crippen LogP contribution is -2.36. The maximum atomic E-state index is 12.1. The Morgan fingerprint density at radius 3 is 2.80 bits per heavy atom. The summed E-state index contributed by atoms with van der Waals surface area (Å²) in [5.74, 6) is 1.04. The van der Waals surface area contributed by atoms with Crippen LogP contribution >= 0.6 is 11.8 Å². The van der Waals surface area contributed by atoms with E-state index in [0.717, 1.165) is 16.7 Å². The molecule has 25 heavy (non-hydrogen) atoms. The molecule has 132 valence electrons. The van der Waals surface area contributed by atoms with Crippen molar-refractivity contribution in [3.8, 4) is 0 Å². The van der Waals surface area contributed by atoms with Gasteiger partial charge in [-0.1, -0.05) is 37.7 Å². The molecule has 3 rings (SSSR count). The first-order valence-corrected chi connectivity index (χ1v) is 9.17. The summed E-state index contributed by atoms with van der Waals surface area (Å²) in [6.07, 6.45) is 1.38. The van der Waals surface area contributed by atoms with Crippen LogP contribution in [-0.2, 0) is 5.75 Å². The van der Waals surface area contributed by atoms with Crippen LogP contribution in [0.25, 0.3) is 11.1 Å². The van der Waals surface area contributed by atoms with Crippen molar-refractivity contribution in [2.75, 3.05) is 0 Å². The van der Waals surface area contributed by atoms with E-state index in [1.807, 2.05) is 32.0 Å². The summed E-state index contributed by atoms with van der Waals surface area (Å²) in [6, 6.07) is 5.90. The monoisotopic (exact) mass is 359 g/mol. The Kier molecular flexibility index (Phi) is 5.13. The number of fused-ring (bicyclic) bond motifs is 1. The smallest absolute Gasteiger partial charge is 0.273 e. The number of aryl methyl sites for hydroxylation is 1. The fraction of sp³-hybridized carbons (Fsp3) is 0.389. The van der Waals surface area contributed by atoms with Crippen LogP contribution in [0.15, 0.2) is 38.5 Å². The number of benzene rings is 1. The summed E-state index contributed by atoms with van der Waals surface area (Å²) < 4.78 is 11.1. The minimum absolute atomic E-state index is 0.0741. The molecule has 3 aromatic rings. The molecule has 0 bridgehead atoms. The van der Waals surface area contributed by atoms with Gasteiger partial charge in [0.25, 0.3) is 11.1 Å². The predicted molar refractivity (Wildman–Crippen MR) is 96.6 cm³/mol. The molecule has 0 aliphatic carbocycles. The molecular formula is C18H21N3O3S. The van der Waals surface area contributed by atoms with Crippen LogP contribution in [0, 0.1) is 12.8 Å². The number of hydrogen-bond acceptors (Lipinski definition) is 6. The Bertz CT molecular complexity index is 885. The summed E-state index contributed by atoms with van der Waals surface area (Å²) >= 11 is 1.39. The molecule has 6 nitrogen and oxygen atoms in total. The molecule has 0 radical (unpaired) electrons. The number of amides is 1. The van der Waals surface area contributed by atoms with Gasteiger partial charge >= 0.3 is 0 Å². The lowest BCUT2D eigenvalue weighted by Gasteiger charge is -2.16.